The van der Waals surface area contributed by atoms with E-state index in [1.807, 2.05) is 4.72 Å². The van der Waals surface area contributed by atoms with E-state index in [0.29, 0.717) is 0 Å². The maximum atomic E-state index is 13.6. The predicted molar refractivity (Wildman–Crippen MR) is 65.8 cm³/mol. The molecule has 0 amide bonds. The van der Waals surface area contributed by atoms with Crippen molar-refractivity contribution in [2.75, 3.05) is 10.5 Å². The van der Waals surface area contributed by atoms with E-state index in [1.165, 1.54) is 24.4 Å². The van der Waals surface area contributed by atoms with Gasteiger partial charge in [0.2, 0.25) is 0 Å². The number of nitrogens with zero attached hydrogens (tertiary/aromatic N) is 1. The van der Waals surface area contributed by atoms with Crippen molar-refractivity contribution in [1.29, 1.82) is 0 Å². The largest absolute Gasteiger partial charge is 0.394 e. The molecule has 2 rings (SSSR count). The minimum Gasteiger partial charge on any atom is -0.394 e. The van der Waals surface area contributed by atoms with Crippen LogP contribution < -0.4 is 10.5 Å². The topological polar surface area (TPSA) is 85.1 Å². The summed E-state index contributed by atoms with van der Waals surface area (Å²) >= 11 is 0. The van der Waals surface area contributed by atoms with Gasteiger partial charge in [-0.05, 0) is 24.3 Å². The maximum absolute atomic E-state index is 13.6. The van der Waals surface area contributed by atoms with E-state index < -0.39 is 33.0 Å². The summed E-state index contributed by atoms with van der Waals surface area (Å²) in [5, 5.41) is -0.280. The van der Waals surface area contributed by atoms with Crippen molar-refractivity contribution in [3.05, 3.63) is 48.2 Å². The van der Waals surface area contributed by atoms with Gasteiger partial charge in [-0.1, -0.05) is 6.07 Å². The Bertz CT molecular complexity index is 705. The molecule has 1 aromatic heterocycles. The van der Waals surface area contributed by atoms with Gasteiger partial charge in [-0.25, -0.2) is 13.8 Å². The van der Waals surface area contributed by atoms with E-state index in [-0.39, 0.29) is 5.03 Å². The molecule has 100 valence electrons. The Labute approximate surface area is 108 Å². The van der Waals surface area contributed by atoms with Gasteiger partial charge in [0.05, 0.1) is 5.69 Å². The Kier molecular flexibility index (Phi) is 3.34. The van der Waals surface area contributed by atoms with Crippen molar-refractivity contribution in [1.82, 2.24) is 4.98 Å². The molecule has 1 aromatic carbocycles. The molecule has 0 radical (unpaired) electrons. The molecule has 5 nitrogen and oxygen atoms in total. The summed E-state index contributed by atoms with van der Waals surface area (Å²) in [5.41, 5.74) is 3.95. The molecular formula is C11H9F2N3O2S. The average Bonchev–Trinajstić information content (AvgIpc) is 2.40. The van der Waals surface area contributed by atoms with Gasteiger partial charge in [-0.3, -0.25) is 4.72 Å². The first kappa shape index (κ1) is 13.2. The quantitative estimate of drug-likeness (QED) is 0.841. The molecule has 0 spiro atoms. The number of hydrogen-bond donors (Lipinski definition) is 2. The molecule has 0 saturated carbocycles. The Morgan fingerprint density at radius 2 is 1.89 bits per heavy atom. The molecule has 0 bridgehead atoms. The van der Waals surface area contributed by atoms with Gasteiger partial charge in [0.15, 0.2) is 10.8 Å². The number of nitrogens with one attached hydrogen (secondary N) is 1. The third-order valence-electron chi connectivity index (χ3n) is 2.28. The molecule has 0 atom stereocenters. The van der Waals surface area contributed by atoms with Crippen LogP contribution in [0.15, 0.2) is 41.6 Å². The molecule has 0 aliphatic heterocycles. The van der Waals surface area contributed by atoms with Crippen molar-refractivity contribution in [2.45, 2.75) is 5.03 Å². The van der Waals surface area contributed by atoms with Crippen molar-refractivity contribution < 1.29 is 17.2 Å². The number of pyridine rings is 1. The van der Waals surface area contributed by atoms with Crippen LogP contribution in [0, 0.1) is 11.6 Å². The zero-order valence-electron chi connectivity index (χ0n) is 9.47. The fourth-order valence-electron chi connectivity index (χ4n) is 1.35. The first-order valence-corrected chi connectivity index (χ1v) is 6.57. The lowest BCUT2D eigenvalue weighted by Crippen LogP contribution is -2.16. The van der Waals surface area contributed by atoms with E-state index in [2.05, 4.69) is 4.98 Å². The van der Waals surface area contributed by atoms with Crippen molar-refractivity contribution in [2.24, 2.45) is 0 Å². The third-order valence-corrected chi connectivity index (χ3v) is 3.56. The molecule has 3 N–H and O–H groups in total. The smallest absolute Gasteiger partial charge is 0.279 e. The Morgan fingerprint density at radius 3 is 2.53 bits per heavy atom. The number of hydrogen-bond acceptors (Lipinski definition) is 4. The second-order valence-electron chi connectivity index (χ2n) is 3.60. The number of anilines is 2. The highest BCUT2D eigenvalue weighted by Gasteiger charge is 2.19. The SMILES string of the molecule is Nc1c(F)ccc(NS(=O)(=O)c2ccccn2)c1F. The second-order valence-corrected chi connectivity index (χ2v) is 5.23. The monoisotopic (exact) mass is 285 g/mol. The minimum absolute atomic E-state index is 0.280. The van der Waals surface area contributed by atoms with Crippen molar-refractivity contribution in [3.63, 3.8) is 0 Å². The van der Waals surface area contributed by atoms with E-state index >= 15 is 0 Å². The van der Waals surface area contributed by atoms with Crippen LogP contribution in [0.3, 0.4) is 0 Å². The molecule has 19 heavy (non-hydrogen) atoms. The van der Waals surface area contributed by atoms with Gasteiger partial charge >= 0.3 is 0 Å². The Balaban J connectivity index is 2.40. The number of nitrogen functional groups attached to an aromatic ring is 1. The number of aromatic nitrogens is 1. The molecule has 0 fully saturated rings. The normalized spacial score (nSPS) is 11.3. The lowest BCUT2D eigenvalue weighted by molar-refractivity contribution is 0.588. The fourth-order valence-corrected chi connectivity index (χ4v) is 2.36. The average molecular weight is 285 g/mol. The molecule has 0 aliphatic carbocycles. The molecule has 0 unspecified atom stereocenters. The third kappa shape index (κ3) is 2.63. The summed E-state index contributed by atoms with van der Waals surface area (Å²) in [6.45, 7) is 0. The van der Waals surface area contributed by atoms with Gasteiger partial charge in [0.1, 0.15) is 11.5 Å². The van der Waals surface area contributed by atoms with Crippen LogP contribution in [0.25, 0.3) is 0 Å². The van der Waals surface area contributed by atoms with Gasteiger partial charge in [0, 0.05) is 6.20 Å². The highest BCUT2D eigenvalue weighted by Crippen LogP contribution is 2.24. The van der Waals surface area contributed by atoms with Gasteiger partial charge in [0.25, 0.3) is 10.0 Å². The van der Waals surface area contributed by atoms with Crippen LogP contribution >= 0.6 is 0 Å². The zero-order valence-corrected chi connectivity index (χ0v) is 10.3. The van der Waals surface area contributed by atoms with E-state index in [9.17, 15) is 17.2 Å². The lowest BCUT2D eigenvalue weighted by atomic mass is 10.2. The molecule has 0 saturated heterocycles. The van der Waals surface area contributed by atoms with E-state index in [0.717, 1.165) is 12.1 Å². The summed E-state index contributed by atoms with van der Waals surface area (Å²) in [6.07, 6.45) is 1.28. The highest BCUT2D eigenvalue weighted by atomic mass is 32.2. The standard InChI is InChI=1S/C11H9F2N3O2S/c12-7-4-5-8(10(13)11(7)14)16-19(17,18)9-3-1-2-6-15-9/h1-6,16H,14H2. The Morgan fingerprint density at radius 1 is 1.16 bits per heavy atom. The number of nitrogens with two attached hydrogens (primary N) is 1. The summed E-state index contributed by atoms with van der Waals surface area (Å²) in [6, 6.07) is 6.07. The number of benzene rings is 1. The van der Waals surface area contributed by atoms with Crippen LogP contribution in [0.2, 0.25) is 0 Å². The van der Waals surface area contributed by atoms with Crippen LogP contribution in [0.1, 0.15) is 0 Å². The zero-order chi connectivity index (χ0) is 14.0. The van der Waals surface area contributed by atoms with Gasteiger partial charge in [-0.2, -0.15) is 8.42 Å². The lowest BCUT2D eigenvalue weighted by Gasteiger charge is -2.09. The summed E-state index contributed by atoms with van der Waals surface area (Å²) < 4.78 is 52.3. The summed E-state index contributed by atoms with van der Waals surface area (Å²) in [5.74, 6) is -2.13. The van der Waals surface area contributed by atoms with Crippen molar-refractivity contribution >= 4 is 21.4 Å². The van der Waals surface area contributed by atoms with Crippen molar-refractivity contribution in [3.8, 4) is 0 Å². The Hall–Kier alpha value is -2.22. The van der Waals surface area contributed by atoms with Crippen LogP contribution in [0.5, 0.6) is 0 Å². The predicted octanol–water partition coefficient (Wildman–Crippen LogP) is 1.74. The second kappa shape index (κ2) is 4.81. The van der Waals surface area contributed by atoms with Gasteiger partial charge in [-0.15, -0.1) is 0 Å². The van der Waals surface area contributed by atoms with E-state index in [1.54, 1.807) is 0 Å². The van der Waals surface area contributed by atoms with Crippen LogP contribution in [-0.2, 0) is 10.0 Å². The molecule has 0 aliphatic rings. The van der Waals surface area contributed by atoms with E-state index in [4.69, 9.17) is 5.73 Å². The highest BCUT2D eigenvalue weighted by molar-refractivity contribution is 7.92. The first-order valence-electron chi connectivity index (χ1n) is 5.09. The first-order chi connectivity index (χ1) is 8.92. The molecule has 2 aromatic rings. The number of halogens is 2. The van der Waals surface area contributed by atoms with Crippen LogP contribution in [0.4, 0.5) is 20.2 Å². The van der Waals surface area contributed by atoms with Crippen LogP contribution in [-0.4, -0.2) is 13.4 Å². The fraction of sp³-hybridized carbons (Fsp3) is 0. The molecular weight excluding hydrogens is 276 g/mol. The molecule has 8 heteroatoms. The minimum atomic E-state index is -4.04. The molecule has 1 heterocycles. The summed E-state index contributed by atoms with van der Waals surface area (Å²) in [4.78, 5) is 3.64. The number of rotatable bonds is 3. The summed E-state index contributed by atoms with van der Waals surface area (Å²) in [7, 11) is -4.04. The maximum Gasteiger partial charge on any atom is 0.279 e. The van der Waals surface area contributed by atoms with Gasteiger partial charge < -0.3 is 5.73 Å². The number of sulfonamides is 1.